The van der Waals surface area contributed by atoms with Gasteiger partial charge in [-0.15, -0.1) is 0 Å². The molecule has 0 bridgehead atoms. The summed E-state index contributed by atoms with van der Waals surface area (Å²) in [6, 6.07) is 5.58. The van der Waals surface area contributed by atoms with E-state index < -0.39 is 0 Å². The Morgan fingerprint density at radius 2 is 2.24 bits per heavy atom. The first-order valence-corrected chi connectivity index (χ1v) is 7.80. The third-order valence-electron chi connectivity index (χ3n) is 4.10. The SMILES string of the molecule is O=C(NCCC1CCC1)NCC(CO)Cc1ccccn1. The standard InChI is InChI=1S/C16H25N3O2/c20-12-14(10-15-6-1-2-8-17-15)11-19-16(21)18-9-7-13-4-3-5-13/h1-2,6,8,13-14,20H,3-5,7,9-12H2,(H2,18,19,21). The van der Waals surface area contributed by atoms with Crippen LogP contribution in [0.15, 0.2) is 24.4 Å². The molecule has 1 saturated carbocycles. The maximum atomic E-state index is 11.7. The molecule has 2 rings (SSSR count). The molecule has 1 heterocycles. The normalized spacial score (nSPS) is 16.0. The van der Waals surface area contributed by atoms with Gasteiger partial charge in [-0.25, -0.2) is 4.79 Å². The molecule has 1 aliphatic carbocycles. The van der Waals surface area contributed by atoms with Crippen LogP contribution in [0.25, 0.3) is 0 Å². The minimum absolute atomic E-state index is 0.00252. The molecule has 5 nitrogen and oxygen atoms in total. The van der Waals surface area contributed by atoms with Gasteiger partial charge in [-0.2, -0.15) is 0 Å². The van der Waals surface area contributed by atoms with E-state index in [9.17, 15) is 9.90 Å². The van der Waals surface area contributed by atoms with Crippen LogP contribution in [-0.4, -0.2) is 35.8 Å². The Balaban J connectivity index is 1.61. The van der Waals surface area contributed by atoms with E-state index in [1.165, 1.54) is 19.3 Å². The molecule has 3 N–H and O–H groups in total. The van der Waals surface area contributed by atoms with Gasteiger partial charge in [-0.1, -0.05) is 25.3 Å². The van der Waals surface area contributed by atoms with Crippen molar-refractivity contribution >= 4 is 6.03 Å². The van der Waals surface area contributed by atoms with Crippen molar-refractivity contribution in [2.45, 2.75) is 32.1 Å². The lowest BCUT2D eigenvalue weighted by molar-refractivity contribution is 0.212. The topological polar surface area (TPSA) is 74.2 Å². The first kappa shape index (κ1) is 15.8. The van der Waals surface area contributed by atoms with Gasteiger partial charge in [0.05, 0.1) is 0 Å². The quantitative estimate of drug-likeness (QED) is 0.683. The van der Waals surface area contributed by atoms with Gasteiger partial charge in [-0.05, 0) is 30.9 Å². The molecule has 1 fully saturated rings. The molecule has 0 aromatic carbocycles. The third kappa shape index (κ3) is 5.71. The number of aliphatic hydroxyl groups excluding tert-OH is 1. The minimum Gasteiger partial charge on any atom is -0.396 e. The minimum atomic E-state index is -0.145. The monoisotopic (exact) mass is 291 g/mol. The summed E-state index contributed by atoms with van der Waals surface area (Å²) in [6.07, 6.45) is 7.43. The molecule has 116 valence electrons. The summed E-state index contributed by atoms with van der Waals surface area (Å²) in [6.45, 7) is 1.24. The number of aromatic nitrogens is 1. The van der Waals surface area contributed by atoms with Crippen molar-refractivity contribution < 1.29 is 9.90 Å². The summed E-state index contributed by atoms with van der Waals surface area (Å²) in [5, 5.41) is 15.1. The maximum absolute atomic E-state index is 11.7. The Morgan fingerprint density at radius 1 is 1.38 bits per heavy atom. The second-order valence-electron chi connectivity index (χ2n) is 5.80. The van der Waals surface area contributed by atoms with Crippen LogP contribution in [0.1, 0.15) is 31.4 Å². The van der Waals surface area contributed by atoms with E-state index in [-0.39, 0.29) is 18.6 Å². The molecule has 2 amide bonds. The second kappa shape index (κ2) is 8.62. The highest BCUT2D eigenvalue weighted by atomic mass is 16.3. The zero-order valence-electron chi connectivity index (χ0n) is 12.4. The van der Waals surface area contributed by atoms with E-state index in [0.29, 0.717) is 13.0 Å². The van der Waals surface area contributed by atoms with E-state index in [4.69, 9.17) is 0 Å². The number of urea groups is 1. The third-order valence-corrected chi connectivity index (χ3v) is 4.10. The summed E-state index contributed by atoms with van der Waals surface area (Å²) >= 11 is 0. The number of nitrogens with zero attached hydrogens (tertiary/aromatic N) is 1. The molecule has 1 aliphatic rings. The summed E-state index contributed by atoms with van der Waals surface area (Å²) in [5.74, 6) is 0.803. The van der Waals surface area contributed by atoms with Gasteiger partial charge < -0.3 is 15.7 Å². The molecule has 1 unspecified atom stereocenters. The summed E-state index contributed by atoms with van der Waals surface area (Å²) in [4.78, 5) is 15.9. The highest BCUT2D eigenvalue weighted by molar-refractivity contribution is 5.73. The van der Waals surface area contributed by atoms with Crippen molar-refractivity contribution in [3.8, 4) is 0 Å². The summed E-state index contributed by atoms with van der Waals surface area (Å²) in [7, 11) is 0. The number of pyridine rings is 1. The smallest absolute Gasteiger partial charge is 0.314 e. The summed E-state index contributed by atoms with van der Waals surface area (Å²) in [5.41, 5.74) is 0.934. The number of hydrogen-bond donors (Lipinski definition) is 3. The lowest BCUT2D eigenvalue weighted by atomic mass is 9.83. The van der Waals surface area contributed by atoms with E-state index in [0.717, 1.165) is 24.6 Å². The fourth-order valence-electron chi connectivity index (χ4n) is 2.49. The Kier molecular flexibility index (Phi) is 6.47. The molecule has 1 atom stereocenters. The van der Waals surface area contributed by atoms with E-state index in [1.807, 2.05) is 18.2 Å². The van der Waals surface area contributed by atoms with E-state index in [2.05, 4.69) is 15.6 Å². The molecule has 5 heteroatoms. The van der Waals surface area contributed by atoms with Crippen LogP contribution in [0.4, 0.5) is 4.79 Å². The molecule has 0 radical (unpaired) electrons. The van der Waals surface area contributed by atoms with Crippen LogP contribution in [0.2, 0.25) is 0 Å². The maximum Gasteiger partial charge on any atom is 0.314 e. The van der Waals surface area contributed by atoms with Crippen molar-refractivity contribution in [1.29, 1.82) is 0 Å². The number of carbonyl (C=O) groups excluding carboxylic acids is 1. The predicted octanol–water partition coefficient (Wildman–Crippen LogP) is 1.72. The average Bonchev–Trinajstić information content (AvgIpc) is 2.47. The Hall–Kier alpha value is -1.62. The Bertz CT molecular complexity index is 421. The molecule has 0 spiro atoms. The molecule has 1 aromatic heterocycles. The van der Waals surface area contributed by atoms with Crippen LogP contribution >= 0.6 is 0 Å². The van der Waals surface area contributed by atoms with Gasteiger partial charge in [-0.3, -0.25) is 4.98 Å². The lowest BCUT2D eigenvalue weighted by Gasteiger charge is -2.25. The highest BCUT2D eigenvalue weighted by Gasteiger charge is 2.17. The number of hydrogen-bond acceptors (Lipinski definition) is 3. The zero-order chi connectivity index (χ0) is 14.9. The van der Waals surface area contributed by atoms with Gasteiger partial charge in [0.1, 0.15) is 0 Å². The number of rotatable bonds is 8. The molecule has 1 aromatic rings. The van der Waals surface area contributed by atoms with Gasteiger partial charge in [0.15, 0.2) is 0 Å². The van der Waals surface area contributed by atoms with Crippen LogP contribution in [0.5, 0.6) is 0 Å². The van der Waals surface area contributed by atoms with Gasteiger partial charge in [0, 0.05) is 37.5 Å². The van der Waals surface area contributed by atoms with Gasteiger partial charge in [0.2, 0.25) is 0 Å². The van der Waals surface area contributed by atoms with Crippen molar-refractivity contribution in [3.63, 3.8) is 0 Å². The van der Waals surface area contributed by atoms with Crippen LogP contribution in [0, 0.1) is 11.8 Å². The average molecular weight is 291 g/mol. The number of nitrogens with one attached hydrogen (secondary N) is 2. The first-order chi connectivity index (χ1) is 10.3. The van der Waals surface area contributed by atoms with Crippen LogP contribution < -0.4 is 10.6 Å². The fourth-order valence-corrected chi connectivity index (χ4v) is 2.49. The molecule has 0 saturated heterocycles. The Labute approximate surface area is 126 Å². The largest absolute Gasteiger partial charge is 0.396 e. The molecule has 21 heavy (non-hydrogen) atoms. The number of amides is 2. The van der Waals surface area contributed by atoms with E-state index >= 15 is 0 Å². The van der Waals surface area contributed by atoms with Gasteiger partial charge >= 0.3 is 6.03 Å². The second-order valence-corrected chi connectivity index (χ2v) is 5.80. The van der Waals surface area contributed by atoms with Crippen LogP contribution in [-0.2, 0) is 6.42 Å². The lowest BCUT2D eigenvalue weighted by Crippen LogP contribution is -2.40. The highest BCUT2D eigenvalue weighted by Crippen LogP contribution is 2.28. The molecule has 0 aliphatic heterocycles. The van der Waals surface area contributed by atoms with Crippen molar-refractivity contribution in [2.24, 2.45) is 11.8 Å². The van der Waals surface area contributed by atoms with Crippen LogP contribution in [0.3, 0.4) is 0 Å². The first-order valence-electron chi connectivity index (χ1n) is 7.80. The predicted molar refractivity (Wildman–Crippen MR) is 81.9 cm³/mol. The molecular weight excluding hydrogens is 266 g/mol. The van der Waals surface area contributed by atoms with Crippen molar-refractivity contribution in [1.82, 2.24) is 15.6 Å². The van der Waals surface area contributed by atoms with Crippen molar-refractivity contribution in [2.75, 3.05) is 19.7 Å². The number of carbonyl (C=O) groups is 1. The van der Waals surface area contributed by atoms with Crippen molar-refractivity contribution in [3.05, 3.63) is 30.1 Å². The molecular formula is C16H25N3O2. The fraction of sp³-hybridized carbons (Fsp3) is 0.625. The number of aliphatic hydroxyl groups is 1. The zero-order valence-corrected chi connectivity index (χ0v) is 12.4. The summed E-state index contributed by atoms with van der Waals surface area (Å²) < 4.78 is 0. The Morgan fingerprint density at radius 3 is 2.86 bits per heavy atom. The van der Waals surface area contributed by atoms with E-state index in [1.54, 1.807) is 6.20 Å². The van der Waals surface area contributed by atoms with Gasteiger partial charge in [0.25, 0.3) is 0 Å².